The van der Waals surface area contributed by atoms with Gasteiger partial charge in [-0.25, -0.2) is 0 Å². The molecule has 0 aromatic rings. The molecular formula is C10H19N3O3S. The fourth-order valence-electron chi connectivity index (χ4n) is 1.06. The number of amides is 2. The third-order valence-corrected chi connectivity index (χ3v) is 1.98. The number of carbonyl (C=O) groups is 2. The smallest absolute Gasteiger partial charge is 0.309 e. The van der Waals surface area contributed by atoms with Crippen LogP contribution in [-0.2, 0) is 14.3 Å². The van der Waals surface area contributed by atoms with Gasteiger partial charge in [-0.2, -0.15) is 0 Å². The van der Waals surface area contributed by atoms with E-state index in [4.69, 9.17) is 10.5 Å². The Hall–Kier alpha value is -1.21. The maximum Gasteiger partial charge on any atom is 0.309 e. The highest BCUT2D eigenvalue weighted by atomic mass is 32.1. The third-order valence-electron chi connectivity index (χ3n) is 1.84. The van der Waals surface area contributed by atoms with Gasteiger partial charge in [-0.15, -0.1) is 0 Å². The van der Waals surface area contributed by atoms with Crippen LogP contribution in [0, 0.1) is 0 Å². The molecule has 0 fully saturated rings. The molecule has 4 N–H and O–H groups in total. The van der Waals surface area contributed by atoms with Crippen molar-refractivity contribution in [3.63, 3.8) is 0 Å². The van der Waals surface area contributed by atoms with Crippen LogP contribution in [0.25, 0.3) is 0 Å². The van der Waals surface area contributed by atoms with E-state index in [1.54, 1.807) is 0 Å². The van der Waals surface area contributed by atoms with E-state index in [9.17, 15) is 9.59 Å². The summed E-state index contributed by atoms with van der Waals surface area (Å²) in [6.07, 6.45) is 0. The van der Waals surface area contributed by atoms with Crippen molar-refractivity contribution >= 4 is 29.0 Å². The second-order valence-corrected chi connectivity index (χ2v) is 4.55. The van der Waals surface area contributed by atoms with Crippen LogP contribution in [0.4, 0.5) is 0 Å². The van der Waals surface area contributed by atoms with Gasteiger partial charge in [0.25, 0.3) is 0 Å². The number of thiocarbonyl (C=S) groups is 1. The summed E-state index contributed by atoms with van der Waals surface area (Å²) in [5.74, 6) is -1.49. The quantitative estimate of drug-likeness (QED) is 0.435. The van der Waals surface area contributed by atoms with Crippen molar-refractivity contribution in [3.05, 3.63) is 0 Å². The van der Waals surface area contributed by atoms with E-state index in [1.165, 1.54) is 0 Å². The molecule has 98 valence electrons. The number of ether oxygens (including phenoxy) is 1. The second kappa shape index (κ2) is 7.18. The summed E-state index contributed by atoms with van der Waals surface area (Å²) in [5.41, 5.74) is 4.68. The first-order chi connectivity index (χ1) is 7.78. The van der Waals surface area contributed by atoms with Crippen molar-refractivity contribution in [1.29, 1.82) is 0 Å². The molecule has 0 aromatic carbocycles. The van der Waals surface area contributed by atoms with Gasteiger partial charge in [0.2, 0.25) is 0 Å². The molecule has 7 heteroatoms. The molecule has 0 aromatic heterocycles. The van der Waals surface area contributed by atoms with Crippen LogP contribution in [0.3, 0.4) is 0 Å². The molecule has 0 aliphatic rings. The van der Waals surface area contributed by atoms with Crippen LogP contribution >= 0.6 is 12.2 Å². The van der Waals surface area contributed by atoms with Crippen molar-refractivity contribution in [2.24, 2.45) is 5.73 Å². The fourth-order valence-corrected chi connectivity index (χ4v) is 1.14. The number of nitrogens with one attached hydrogen (secondary N) is 2. The zero-order valence-corrected chi connectivity index (χ0v) is 11.1. The summed E-state index contributed by atoms with van der Waals surface area (Å²) in [6, 6.07) is 0. The largest absolute Gasteiger partial charge is 0.392 e. The topological polar surface area (TPSA) is 93.4 Å². The molecule has 0 saturated heterocycles. The molecule has 0 atom stereocenters. The van der Waals surface area contributed by atoms with Gasteiger partial charge in [0.15, 0.2) is 0 Å². The number of hydrogen-bond acceptors (Lipinski definition) is 4. The minimum absolute atomic E-state index is 0.0104. The molecule has 0 aliphatic heterocycles. The highest BCUT2D eigenvalue weighted by molar-refractivity contribution is 7.80. The number of rotatable bonds is 6. The van der Waals surface area contributed by atoms with Crippen LogP contribution < -0.4 is 16.4 Å². The van der Waals surface area contributed by atoms with Gasteiger partial charge in [0, 0.05) is 13.2 Å². The van der Waals surface area contributed by atoms with Crippen LogP contribution in [-0.4, -0.2) is 42.1 Å². The zero-order valence-electron chi connectivity index (χ0n) is 10.3. The Morgan fingerprint density at radius 3 is 2.29 bits per heavy atom. The minimum Gasteiger partial charge on any atom is -0.392 e. The molecule has 17 heavy (non-hydrogen) atoms. The first-order valence-corrected chi connectivity index (χ1v) is 5.67. The molecule has 0 rings (SSSR count). The van der Waals surface area contributed by atoms with Crippen LogP contribution in [0.2, 0.25) is 0 Å². The van der Waals surface area contributed by atoms with Gasteiger partial charge in [-0.05, 0) is 20.8 Å². The average molecular weight is 261 g/mol. The van der Waals surface area contributed by atoms with E-state index in [1.807, 2.05) is 20.8 Å². The normalized spacial score (nSPS) is 10.8. The first-order valence-electron chi connectivity index (χ1n) is 5.27. The molecule has 0 aliphatic carbocycles. The molecule has 0 saturated carbocycles. The minimum atomic E-state index is -0.759. The Kier molecular flexibility index (Phi) is 6.67. The van der Waals surface area contributed by atoms with Crippen molar-refractivity contribution in [2.45, 2.75) is 26.4 Å². The third kappa shape index (κ3) is 7.64. The fraction of sp³-hybridized carbons (Fsp3) is 0.700. The van der Waals surface area contributed by atoms with Crippen LogP contribution in [0.15, 0.2) is 0 Å². The molecule has 2 amide bonds. The van der Waals surface area contributed by atoms with Crippen molar-refractivity contribution in [3.8, 4) is 0 Å². The summed E-state index contributed by atoms with van der Waals surface area (Å²) in [6.45, 7) is 6.30. The van der Waals surface area contributed by atoms with E-state index < -0.39 is 17.4 Å². The molecular weight excluding hydrogens is 242 g/mol. The Morgan fingerprint density at radius 1 is 1.29 bits per heavy atom. The lowest BCUT2D eigenvalue weighted by Crippen LogP contribution is -2.47. The number of hydrogen-bond donors (Lipinski definition) is 3. The van der Waals surface area contributed by atoms with E-state index in [2.05, 4.69) is 22.9 Å². The van der Waals surface area contributed by atoms with Gasteiger partial charge in [-0.3, -0.25) is 9.59 Å². The van der Waals surface area contributed by atoms with E-state index in [0.29, 0.717) is 6.61 Å². The molecule has 0 radical (unpaired) electrons. The molecule has 0 heterocycles. The van der Waals surface area contributed by atoms with Crippen molar-refractivity contribution in [1.82, 2.24) is 10.6 Å². The monoisotopic (exact) mass is 261 g/mol. The Labute approximate surface area is 106 Å². The van der Waals surface area contributed by atoms with Crippen LogP contribution in [0.1, 0.15) is 20.8 Å². The summed E-state index contributed by atoms with van der Waals surface area (Å²) in [4.78, 5) is 22.7. The highest BCUT2D eigenvalue weighted by Crippen LogP contribution is 2.06. The van der Waals surface area contributed by atoms with Crippen molar-refractivity contribution < 1.29 is 14.3 Å². The number of carbonyl (C=O) groups excluding carboxylic acids is 2. The summed E-state index contributed by atoms with van der Waals surface area (Å²) in [5, 5.41) is 4.76. The maximum atomic E-state index is 11.3. The molecule has 6 nitrogen and oxygen atoms in total. The highest BCUT2D eigenvalue weighted by Gasteiger charge is 2.21. The lowest BCUT2D eigenvalue weighted by Gasteiger charge is -2.24. The lowest BCUT2D eigenvalue weighted by molar-refractivity contribution is -0.139. The molecule has 0 unspecified atom stereocenters. The summed E-state index contributed by atoms with van der Waals surface area (Å²) < 4.78 is 5.37. The SMILES string of the molecule is CCOC(C)(C)CNC(=O)C(=O)NCC(N)=S. The predicted octanol–water partition coefficient (Wildman–Crippen LogP) is -0.680. The van der Waals surface area contributed by atoms with E-state index >= 15 is 0 Å². The Balaban J connectivity index is 4.01. The Morgan fingerprint density at radius 2 is 1.82 bits per heavy atom. The molecule has 0 bridgehead atoms. The first kappa shape index (κ1) is 15.8. The second-order valence-electron chi connectivity index (χ2n) is 4.02. The molecule has 0 spiro atoms. The van der Waals surface area contributed by atoms with Gasteiger partial charge in [0.05, 0.1) is 17.1 Å². The van der Waals surface area contributed by atoms with Crippen molar-refractivity contribution in [2.75, 3.05) is 19.7 Å². The van der Waals surface area contributed by atoms with Gasteiger partial charge >= 0.3 is 11.8 Å². The van der Waals surface area contributed by atoms with E-state index in [-0.39, 0.29) is 18.1 Å². The summed E-state index contributed by atoms with van der Waals surface area (Å²) >= 11 is 4.57. The Bertz CT molecular complexity index is 305. The maximum absolute atomic E-state index is 11.3. The van der Waals surface area contributed by atoms with Crippen LogP contribution in [0.5, 0.6) is 0 Å². The number of nitrogens with two attached hydrogens (primary N) is 1. The van der Waals surface area contributed by atoms with Gasteiger partial charge < -0.3 is 21.1 Å². The summed E-state index contributed by atoms with van der Waals surface area (Å²) in [7, 11) is 0. The van der Waals surface area contributed by atoms with Gasteiger partial charge in [0.1, 0.15) is 0 Å². The van der Waals surface area contributed by atoms with E-state index in [0.717, 1.165) is 0 Å². The average Bonchev–Trinajstić information content (AvgIpc) is 2.22. The predicted molar refractivity (Wildman–Crippen MR) is 68.5 cm³/mol. The zero-order chi connectivity index (χ0) is 13.5. The van der Waals surface area contributed by atoms with Gasteiger partial charge in [-0.1, -0.05) is 12.2 Å². The standard InChI is InChI=1S/C10H19N3O3S/c1-4-16-10(2,3)6-13-9(15)8(14)12-5-7(11)17/h4-6H2,1-3H3,(H2,11,17)(H,12,14)(H,13,15). The lowest BCUT2D eigenvalue weighted by atomic mass is 10.1.